The third-order valence-electron chi connectivity index (χ3n) is 2.62. The Balaban J connectivity index is 2.21. The Morgan fingerprint density at radius 2 is 1.60 bits per heavy atom. The Morgan fingerprint density at radius 3 is 2.20 bits per heavy atom. The van der Waals surface area contributed by atoms with E-state index in [9.17, 15) is 17.6 Å². The average Bonchev–Trinajstić information content (AvgIpc) is 2.42. The molecule has 2 aromatic carbocycles. The molecule has 106 valence electrons. The summed E-state index contributed by atoms with van der Waals surface area (Å²) in [7, 11) is 0. The predicted octanol–water partition coefficient (Wildman–Crippen LogP) is 4.72. The van der Waals surface area contributed by atoms with Crippen LogP contribution in [0.1, 0.15) is 11.1 Å². The van der Waals surface area contributed by atoms with Crippen molar-refractivity contribution in [2.45, 2.75) is 11.9 Å². The Hall–Kier alpha value is -1.56. The summed E-state index contributed by atoms with van der Waals surface area (Å²) < 4.78 is 58.5. The minimum Gasteiger partial charge on any atom is -0.483 e. The van der Waals surface area contributed by atoms with Gasteiger partial charge in [0.2, 0.25) is 0 Å². The molecule has 0 heterocycles. The van der Waals surface area contributed by atoms with Crippen LogP contribution in [0.5, 0.6) is 5.75 Å². The molecule has 0 aromatic heterocycles. The van der Waals surface area contributed by atoms with Gasteiger partial charge >= 0.3 is 0 Å². The van der Waals surface area contributed by atoms with E-state index < -0.39 is 35.6 Å². The zero-order chi connectivity index (χ0) is 14.7. The van der Waals surface area contributed by atoms with Gasteiger partial charge in [-0.05, 0) is 23.8 Å². The minimum atomic E-state index is -1.09. The highest BCUT2D eigenvalue weighted by Gasteiger charge is 2.14. The molecule has 0 spiro atoms. The maximum atomic E-state index is 13.6. The molecule has 20 heavy (non-hydrogen) atoms. The summed E-state index contributed by atoms with van der Waals surface area (Å²) in [4.78, 5) is 0. The van der Waals surface area contributed by atoms with E-state index in [-0.39, 0.29) is 5.56 Å². The van der Waals surface area contributed by atoms with E-state index in [1.54, 1.807) is 0 Å². The molecule has 0 N–H and O–H groups in total. The Bertz CT molecular complexity index is 608. The largest absolute Gasteiger partial charge is 0.483 e. The summed E-state index contributed by atoms with van der Waals surface area (Å²) in [6.45, 7) is -0.467. The van der Waals surface area contributed by atoms with E-state index >= 15 is 0 Å². The van der Waals surface area contributed by atoms with Crippen LogP contribution in [0, 0.1) is 23.3 Å². The van der Waals surface area contributed by atoms with Crippen molar-refractivity contribution in [2.75, 3.05) is 0 Å². The molecule has 0 saturated carbocycles. The fourth-order valence-corrected chi connectivity index (χ4v) is 1.96. The van der Waals surface area contributed by atoms with Crippen molar-refractivity contribution in [3.63, 3.8) is 0 Å². The number of alkyl halides is 1. The molecule has 1 nitrogen and oxygen atoms in total. The van der Waals surface area contributed by atoms with Crippen molar-refractivity contribution in [3.05, 3.63) is 64.7 Å². The minimum absolute atomic E-state index is 0.117. The van der Waals surface area contributed by atoms with Gasteiger partial charge in [-0.15, -0.1) is 0 Å². The standard InChI is InChI=1S/C14H9BrF4O/c15-6-8-4-11(17)14(12(18)5-8)20-7-9-2-1-3-10(16)13(9)19/h1-5H,6-7H2. The van der Waals surface area contributed by atoms with E-state index in [2.05, 4.69) is 15.9 Å². The lowest BCUT2D eigenvalue weighted by Gasteiger charge is -2.10. The van der Waals surface area contributed by atoms with E-state index in [1.165, 1.54) is 12.1 Å². The van der Waals surface area contributed by atoms with Crippen LogP contribution in [0.4, 0.5) is 17.6 Å². The normalized spacial score (nSPS) is 10.7. The van der Waals surface area contributed by atoms with Crippen LogP contribution in [0.25, 0.3) is 0 Å². The van der Waals surface area contributed by atoms with Gasteiger partial charge in [-0.2, -0.15) is 0 Å². The van der Waals surface area contributed by atoms with Gasteiger partial charge in [0.1, 0.15) is 6.61 Å². The van der Waals surface area contributed by atoms with E-state index in [0.29, 0.717) is 10.9 Å². The molecule has 6 heteroatoms. The molecular formula is C14H9BrF4O. The lowest BCUT2D eigenvalue weighted by atomic mass is 10.2. The van der Waals surface area contributed by atoms with Gasteiger partial charge in [-0.3, -0.25) is 0 Å². The van der Waals surface area contributed by atoms with Gasteiger partial charge < -0.3 is 4.74 Å². The fourth-order valence-electron chi connectivity index (χ4n) is 1.64. The van der Waals surface area contributed by atoms with Crippen LogP contribution < -0.4 is 4.74 Å². The second-order valence-corrected chi connectivity index (χ2v) is 4.58. The van der Waals surface area contributed by atoms with Crippen molar-refractivity contribution in [1.82, 2.24) is 0 Å². The van der Waals surface area contributed by atoms with Gasteiger partial charge in [0, 0.05) is 10.9 Å². The Morgan fingerprint density at radius 1 is 0.950 bits per heavy atom. The topological polar surface area (TPSA) is 9.23 Å². The zero-order valence-electron chi connectivity index (χ0n) is 10.1. The SMILES string of the molecule is Fc1cccc(COc2c(F)cc(CBr)cc2F)c1F. The van der Waals surface area contributed by atoms with E-state index in [0.717, 1.165) is 18.2 Å². The van der Waals surface area contributed by atoms with Crippen LogP contribution in [0.15, 0.2) is 30.3 Å². The van der Waals surface area contributed by atoms with Gasteiger partial charge in [0.05, 0.1) is 0 Å². The number of hydrogen-bond acceptors (Lipinski definition) is 1. The second kappa shape index (κ2) is 6.26. The lowest BCUT2D eigenvalue weighted by molar-refractivity contribution is 0.267. The number of rotatable bonds is 4. The lowest BCUT2D eigenvalue weighted by Crippen LogP contribution is -2.03. The average molecular weight is 349 g/mol. The van der Waals surface area contributed by atoms with Crippen molar-refractivity contribution in [3.8, 4) is 5.75 Å². The molecule has 0 fully saturated rings. The van der Waals surface area contributed by atoms with Gasteiger partial charge in [0.25, 0.3) is 0 Å². The summed E-state index contributed by atoms with van der Waals surface area (Å²) >= 11 is 3.08. The van der Waals surface area contributed by atoms with Crippen LogP contribution >= 0.6 is 15.9 Å². The highest BCUT2D eigenvalue weighted by atomic mass is 79.9. The van der Waals surface area contributed by atoms with Crippen LogP contribution in [-0.2, 0) is 11.9 Å². The Labute approximate surface area is 121 Å². The summed E-state index contributed by atoms with van der Waals surface area (Å²) in [5.41, 5.74) is 0.289. The first-order valence-electron chi connectivity index (χ1n) is 5.62. The predicted molar refractivity (Wildman–Crippen MR) is 69.7 cm³/mol. The maximum absolute atomic E-state index is 13.6. The van der Waals surface area contributed by atoms with E-state index in [4.69, 9.17) is 4.74 Å². The van der Waals surface area contributed by atoms with Crippen LogP contribution in [0.3, 0.4) is 0 Å². The molecule has 2 rings (SSSR count). The third kappa shape index (κ3) is 3.12. The molecule has 0 saturated heterocycles. The maximum Gasteiger partial charge on any atom is 0.191 e. The summed E-state index contributed by atoms with van der Waals surface area (Å²) in [5.74, 6) is -4.53. The van der Waals surface area contributed by atoms with Crippen molar-refractivity contribution in [1.29, 1.82) is 0 Å². The third-order valence-corrected chi connectivity index (χ3v) is 3.26. The highest BCUT2D eigenvalue weighted by Crippen LogP contribution is 2.25. The quantitative estimate of drug-likeness (QED) is 0.574. The molecule has 0 aliphatic carbocycles. The summed E-state index contributed by atoms with van der Waals surface area (Å²) in [5, 5.41) is 0.291. The van der Waals surface area contributed by atoms with Crippen molar-refractivity contribution >= 4 is 15.9 Å². The molecular weight excluding hydrogens is 340 g/mol. The number of ether oxygens (including phenoxy) is 1. The molecule has 0 amide bonds. The molecule has 0 aliphatic rings. The first kappa shape index (κ1) is 14.8. The molecule has 2 aromatic rings. The first-order valence-corrected chi connectivity index (χ1v) is 6.74. The van der Waals surface area contributed by atoms with Crippen LogP contribution in [0.2, 0.25) is 0 Å². The van der Waals surface area contributed by atoms with Gasteiger partial charge in [-0.1, -0.05) is 28.1 Å². The molecule has 0 aliphatic heterocycles. The number of hydrogen-bond donors (Lipinski definition) is 0. The smallest absolute Gasteiger partial charge is 0.191 e. The first-order chi connectivity index (χ1) is 9.52. The second-order valence-electron chi connectivity index (χ2n) is 4.02. The molecule has 0 unspecified atom stereocenters. The highest BCUT2D eigenvalue weighted by molar-refractivity contribution is 9.08. The fraction of sp³-hybridized carbons (Fsp3) is 0.143. The van der Waals surface area contributed by atoms with Crippen molar-refractivity contribution in [2.24, 2.45) is 0 Å². The summed E-state index contributed by atoms with van der Waals surface area (Å²) in [6.07, 6.45) is 0. The number of benzene rings is 2. The van der Waals surface area contributed by atoms with E-state index in [1.807, 2.05) is 0 Å². The molecule has 0 bridgehead atoms. The van der Waals surface area contributed by atoms with Gasteiger partial charge in [-0.25, -0.2) is 17.6 Å². The monoisotopic (exact) mass is 348 g/mol. The summed E-state index contributed by atoms with van der Waals surface area (Å²) in [6, 6.07) is 5.73. The Kier molecular flexibility index (Phi) is 4.65. The zero-order valence-corrected chi connectivity index (χ0v) is 11.7. The van der Waals surface area contributed by atoms with Crippen molar-refractivity contribution < 1.29 is 22.3 Å². The van der Waals surface area contributed by atoms with Crippen LogP contribution in [-0.4, -0.2) is 0 Å². The van der Waals surface area contributed by atoms with Gasteiger partial charge in [0.15, 0.2) is 29.0 Å². The number of halogens is 5. The molecule has 0 atom stereocenters. The molecule has 0 radical (unpaired) electrons.